The highest BCUT2D eigenvalue weighted by atomic mass is 16.1. The lowest BCUT2D eigenvalue weighted by molar-refractivity contribution is -0.118. The van der Waals surface area contributed by atoms with Crippen LogP contribution in [0.1, 0.15) is 33.1 Å². The molecule has 0 aromatic carbocycles. The molecule has 1 amide bonds. The molecule has 1 heterocycles. The quantitative estimate of drug-likeness (QED) is 0.738. The van der Waals surface area contributed by atoms with E-state index in [1.165, 1.54) is 12.8 Å². The first-order chi connectivity index (χ1) is 6.59. The Labute approximate surface area is 86.6 Å². The predicted molar refractivity (Wildman–Crippen MR) is 57.8 cm³/mol. The van der Waals surface area contributed by atoms with Gasteiger partial charge in [0.15, 0.2) is 0 Å². The molecule has 82 valence electrons. The Morgan fingerprint density at radius 1 is 1.57 bits per heavy atom. The molecule has 1 saturated heterocycles. The van der Waals surface area contributed by atoms with Crippen molar-refractivity contribution in [2.24, 2.45) is 17.6 Å². The number of rotatable bonds is 4. The highest BCUT2D eigenvalue weighted by molar-refractivity contribution is 5.73. The number of primary amides is 1. The van der Waals surface area contributed by atoms with E-state index in [9.17, 15) is 4.79 Å². The van der Waals surface area contributed by atoms with Gasteiger partial charge in [0.1, 0.15) is 0 Å². The highest BCUT2D eigenvalue weighted by Crippen LogP contribution is 2.23. The molecule has 0 saturated carbocycles. The lowest BCUT2D eigenvalue weighted by Gasteiger charge is -2.34. The topological polar surface area (TPSA) is 46.3 Å². The third kappa shape index (κ3) is 3.66. The van der Waals surface area contributed by atoms with Crippen LogP contribution in [0.5, 0.6) is 0 Å². The molecule has 3 heteroatoms. The van der Waals surface area contributed by atoms with Crippen molar-refractivity contribution in [2.45, 2.75) is 33.1 Å². The number of nitrogens with two attached hydrogens (primary N) is 1. The Morgan fingerprint density at radius 3 is 2.86 bits per heavy atom. The van der Waals surface area contributed by atoms with E-state index < -0.39 is 0 Å². The molecule has 0 aromatic rings. The Morgan fingerprint density at radius 2 is 2.29 bits per heavy atom. The van der Waals surface area contributed by atoms with Crippen LogP contribution in [0.25, 0.3) is 0 Å². The zero-order valence-electron chi connectivity index (χ0n) is 9.33. The van der Waals surface area contributed by atoms with E-state index in [1.807, 2.05) is 0 Å². The van der Waals surface area contributed by atoms with E-state index in [2.05, 4.69) is 18.7 Å². The summed E-state index contributed by atoms with van der Waals surface area (Å²) in [5.74, 6) is 1.37. The number of carbonyl (C=O) groups is 1. The average molecular weight is 198 g/mol. The summed E-state index contributed by atoms with van der Waals surface area (Å²) in [6.07, 6.45) is 3.11. The second-order valence-corrected chi connectivity index (χ2v) is 4.66. The first kappa shape index (κ1) is 11.5. The van der Waals surface area contributed by atoms with Crippen LogP contribution in [0, 0.1) is 11.8 Å². The number of hydrogen-bond donors (Lipinski definition) is 1. The van der Waals surface area contributed by atoms with Crippen molar-refractivity contribution in [1.29, 1.82) is 0 Å². The Hall–Kier alpha value is -0.570. The maximum atomic E-state index is 10.7. The van der Waals surface area contributed by atoms with Crippen LogP contribution in [-0.2, 0) is 4.79 Å². The molecule has 1 rings (SSSR count). The fourth-order valence-corrected chi connectivity index (χ4v) is 2.11. The summed E-state index contributed by atoms with van der Waals surface area (Å²) >= 11 is 0. The molecule has 1 fully saturated rings. The van der Waals surface area contributed by atoms with Gasteiger partial charge in [-0.25, -0.2) is 0 Å². The van der Waals surface area contributed by atoms with Crippen LogP contribution < -0.4 is 5.73 Å². The zero-order valence-corrected chi connectivity index (χ0v) is 9.33. The summed E-state index contributed by atoms with van der Waals surface area (Å²) in [6.45, 7) is 7.69. The van der Waals surface area contributed by atoms with Gasteiger partial charge in [-0.2, -0.15) is 0 Å². The van der Waals surface area contributed by atoms with Crippen LogP contribution >= 0.6 is 0 Å². The molecular weight excluding hydrogens is 176 g/mol. The second kappa shape index (κ2) is 5.35. The number of likely N-dealkylation sites (tertiary alicyclic amines) is 1. The Bertz CT molecular complexity index is 192. The normalized spacial score (nSPS) is 24.1. The Kier molecular flexibility index (Phi) is 4.39. The minimum Gasteiger partial charge on any atom is -0.370 e. The van der Waals surface area contributed by atoms with Crippen molar-refractivity contribution in [3.8, 4) is 0 Å². The van der Waals surface area contributed by atoms with Crippen molar-refractivity contribution in [3.05, 3.63) is 0 Å². The van der Waals surface area contributed by atoms with Crippen LogP contribution in [-0.4, -0.2) is 30.4 Å². The van der Waals surface area contributed by atoms with E-state index in [4.69, 9.17) is 5.73 Å². The Balaban J connectivity index is 2.29. The van der Waals surface area contributed by atoms with Gasteiger partial charge in [-0.05, 0) is 31.2 Å². The van der Waals surface area contributed by atoms with E-state index in [0.717, 1.165) is 31.5 Å². The number of piperidine rings is 1. The lowest BCUT2D eigenvalue weighted by atomic mass is 9.88. The summed E-state index contributed by atoms with van der Waals surface area (Å²) in [5, 5.41) is 0. The number of hydrogen-bond acceptors (Lipinski definition) is 2. The number of nitrogens with zero attached hydrogens (tertiary/aromatic N) is 1. The van der Waals surface area contributed by atoms with Gasteiger partial charge in [0, 0.05) is 19.5 Å². The molecule has 0 aromatic heterocycles. The smallest absolute Gasteiger partial charge is 0.218 e. The summed E-state index contributed by atoms with van der Waals surface area (Å²) in [6, 6.07) is 0. The molecule has 0 aliphatic carbocycles. The first-order valence-corrected chi connectivity index (χ1v) is 5.60. The van der Waals surface area contributed by atoms with E-state index in [-0.39, 0.29) is 5.91 Å². The molecule has 1 aliphatic heterocycles. The molecular formula is C11H22N2O. The monoisotopic (exact) mass is 198 g/mol. The molecule has 2 N–H and O–H groups in total. The van der Waals surface area contributed by atoms with Crippen molar-refractivity contribution >= 4 is 5.91 Å². The van der Waals surface area contributed by atoms with Gasteiger partial charge >= 0.3 is 0 Å². The molecule has 0 radical (unpaired) electrons. The van der Waals surface area contributed by atoms with E-state index in [1.54, 1.807) is 0 Å². The SMILES string of the molecule is CC(C)[C@@H]1CCCN(CCC(N)=O)C1. The minimum absolute atomic E-state index is 0.184. The molecule has 0 spiro atoms. The van der Waals surface area contributed by atoms with Crippen LogP contribution in [0.3, 0.4) is 0 Å². The maximum absolute atomic E-state index is 10.7. The largest absolute Gasteiger partial charge is 0.370 e. The van der Waals surface area contributed by atoms with E-state index in [0.29, 0.717) is 6.42 Å². The zero-order chi connectivity index (χ0) is 10.6. The third-order valence-electron chi connectivity index (χ3n) is 3.16. The highest BCUT2D eigenvalue weighted by Gasteiger charge is 2.21. The number of amides is 1. The summed E-state index contributed by atoms with van der Waals surface area (Å²) < 4.78 is 0. The van der Waals surface area contributed by atoms with Gasteiger partial charge in [-0.1, -0.05) is 13.8 Å². The first-order valence-electron chi connectivity index (χ1n) is 5.60. The molecule has 3 nitrogen and oxygen atoms in total. The predicted octanol–water partition coefficient (Wildman–Crippen LogP) is 1.23. The van der Waals surface area contributed by atoms with Gasteiger partial charge < -0.3 is 10.6 Å². The van der Waals surface area contributed by atoms with Crippen molar-refractivity contribution < 1.29 is 4.79 Å². The average Bonchev–Trinajstić information content (AvgIpc) is 2.15. The van der Waals surface area contributed by atoms with Crippen molar-refractivity contribution in [2.75, 3.05) is 19.6 Å². The van der Waals surface area contributed by atoms with Crippen LogP contribution in [0.15, 0.2) is 0 Å². The maximum Gasteiger partial charge on any atom is 0.218 e. The number of carbonyl (C=O) groups excluding carboxylic acids is 1. The van der Waals surface area contributed by atoms with Crippen LogP contribution in [0.4, 0.5) is 0 Å². The molecule has 0 unspecified atom stereocenters. The molecule has 14 heavy (non-hydrogen) atoms. The van der Waals surface area contributed by atoms with Crippen molar-refractivity contribution in [3.63, 3.8) is 0 Å². The second-order valence-electron chi connectivity index (χ2n) is 4.66. The van der Waals surface area contributed by atoms with Gasteiger partial charge in [0.05, 0.1) is 0 Å². The summed E-state index contributed by atoms with van der Waals surface area (Å²) in [5.41, 5.74) is 5.14. The molecule has 1 aliphatic rings. The lowest BCUT2D eigenvalue weighted by Crippen LogP contribution is -2.39. The van der Waals surface area contributed by atoms with Crippen LogP contribution in [0.2, 0.25) is 0 Å². The summed E-state index contributed by atoms with van der Waals surface area (Å²) in [7, 11) is 0. The molecule has 1 atom stereocenters. The van der Waals surface area contributed by atoms with Crippen molar-refractivity contribution in [1.82, 2.24) is 4.90 Å². The van der Waals surface area contributed by atoms with Gasteiger partial charge in [-0.15, -0.1) is 0 Å². The van der Waals surface area contributed by atoms with Gasteiger partial charge in [0.25, 0.3) is 0 Å². The summed E-state index contributed by atoms with van der Waals surface area (Å²) in [4.78, 5) is 13.0. The fraction of sp³-hybridized carbons (Fsp3) is 0.909. The standard InChI is InChI=1S/C11H22N2O/c1-9(2)10-4-3-6-13(8-10)7-5-11(12)14/h9-10H,3-8H2,1-2H3,(H2,12,14)/t10-/m1/s1. The van der Waals surface area contributed by atoms with Gasteiger partial charge in [-0.3, -0.25) is 4.79 Å². The van der Waals surface area contributed by atoms with E-state index >= 15 is 0 Å². The third-order valence-corrected chi connectivity index (χ3v) is 3.16. The fourth-order valence-electron chi connectivity index (χ4n) is 2.11. The minimum atomic E-state index is -0.184. The van der Waals surface area contributed by atoms with Gasteiger partial charge in [0.2, 0.25) is 5.91 Å². The molecule has 0 bridgehead atoms.